The lowest BCUT2D eigenvalue weighted by atomic mass is 9.86. The van der Waals surface area contributed by atoms with Crippen molar-refractivity contribution < 1.29 is 24.5 Å². The summed E-state index contributed by atoms with van der Waals surface area (Å²) in [7, 11) is 0. The predicted octanol–water partition coefficient (Wildman–Crippen LogP) is 3.17. The van der Waals surface area contributed by atoms with Gasteiger partial charge in [0.2, 0.25) is 0 Å². The van der Waals surface area contributed by atoms with Crippen LogP contribution in [0.2, 0.25) is 0 Å². The van der Waals surface area contributed by atoms with Crippen LogP contribution in [0, 0.1) is 11.8 Å². The molecule has 2 N–H and O–H groups in total. The number of allylic oxidation sites excluding steroid dienone is 2. The van der Waals surface area contributed by atoms with Crippen LogP contribution in [-0.2, 0) is 14.3 Å². The van der Waals surface area contributed by atoms with Crippen molar-refractivity contribution in [2.75, 3.05) is 0 Å². The summed E-state index contributed by atoms with van der Waals surface area (Å²) in [5, 5.41) is 20.3. The van der Waals surface area contributed by atoms with Crippen LogP contribution in [0.3, 0.4) is 0 Å². The number of ketones is 1. The Morgan fingerprint density at radius 1 is 1.12 bits per heavy atom. The Morgan fingerprint density at radius 2 is 1.80 bits per heavy atom. The van der Waals surface area contributed by atoms with E-state index in [0.717, 1.165) is 12.8 Å². The highest BCUT2D eigenvalue weighted by molar-refractivity contribution is 5.77. The minimum Gasteiger partial charge on any atom is -0.463 e. The lowest BCUT2D eigenvalue weighted by Crippen LogP contribution is -2.22. The van der Waals surface area contributed by atoms with E-state index in [1.807, 2.05) is 32.9 Å². The summed E-state index contributed by atoms with van der Waals surface area (Å²) < 4.78 is 5.08. The highest BCUT2D eigenvalue weighted by Gasteiger charge is 2.40. The Labute approximate surface area is 151 Å². The van der Waals surface area contributed by atoms with Crippen LogP contribution in [0.4, 0.5) is 0 Å². The van der Waals surface area contributed by atoms with E-state index in [1.165, 1.54) is 0 Å². The predicted molar refractivity (Wildman–Crippen MR) is 97.0 cm³/mol. The molecule has 4 atom stereocenters. The van der Waals surface area contributed by atoms with Crippen LogP contribution < -0.4 is 0 Å². The van der Waals surface area contributed by atoms with E-state index in [0.29, 0.717) is 38.5 Å². The van der Waals surface area contributed by atoms with Gasteiger partial charge in [-0.25, -0.2) is 0 Å². The minimum atomic E-state index is -0.524. The lowest BCUT2D eigenvalue weighted by Gasteiger charge is -2.22. The van der Waals surface area contributed by atoms with E-state index >= 15 is 0 Å². The number of Topliss-reactive ketones (excluding diaryl/α,β-unsaturated/α-hetero) is 1. The second-order valence-corrected chi connectivity index (χ2v) is 7.27. The summed E-state index contributed by atoms with van der Waals surface area (Å²) in [5.41, 5.74) is 0. The van der Waals surface area contributed by atoms with E-state index in [9.17, 15) is 19.8 Å². The lowest BCUT2D eigenvalue weighted by molar-refractivity contribution is -0.147. The summed E-state index contributed by atoms with van der Waals surface area (Å²) in [5.74, 6) is 0.0209. The molecule has 1 aliphatic carbocycles. The first-order valence-corrected chi connectivity index (χ1v) is 9.57. The van der Waals surface area contributed by atoms with Gasteiger partial charge in [-0.3, -0.25) is 9.59 Å². The summed E-state index contributed by atoms with van der Waals surface area (Å²) in [6, 6.07) is 0. The van der Waals surface area contributed by atoms with Crippen molar-refractivity contribution in [1.29, 1.82) is 0 Å². The molecule has 0 saturated heterocycles. The fraction of sp³-hybridized carbons (Fsp3) is 0.800. The molecular weight excluding hydrogens is 320 g/mol. The summed E-state index contributed by atoms with van der Waals surface area (Å²) >= 11 is 0. The van der Waals surface area contributed by atoms with E-state index in [4.69, 9.17) is 4.74 Å². The Hall–Kier alpha value is -1.20. The number of esters is 1. The fourth-order valence-corrected chi connectivity index (χ4v) is 3.47. The van der Waals surface area contributed by atoms with Crippen LogP contribution in [0.1, 0.15) is 72.1 Å². The standard InChI is InChI=1S/C20H34O5/c1-4-15(21)11-12-17-16(18(22)13-19(17)23)9-7-5-6-8-10-20(24)25-14(2)3/h5,7,14,16-19,22-23H,4,6,8-13H2,1-3H3/b7-5-/t16-,17-,18?,19-/m1/s1. The summed E-state index contributed by atoms with van der Waals surface area (Å²) in [6.07, 6.45) is 7.61. The first-order valence-electron chi connectivity index (χ1n) is 9.57. The van der Waals surface area contributed by atoms with Gasteiger partial charge in [0.25, 0.3) is 0 Å². The maximum absolute atomic E-state index is 11.5. The molecular formula is C20H34O5. The third kappa shape index (κ3) is 8.15. The molecule has 0 aromatic carbocycles. The molecule has 5 nitrogen and oxygen atoms in total. The topological polar surface area (TPSA) is 83.8 Å². The first-order chi connectivity index (χ1) is 11.8. The average molecular weight is 354 g/mol. The first kappa shape index (κ1) is 21.8. The highest BCUT2D eigenvalue weighted by atomic mass is 16.5. The van der Waals surface area contributed by atoms with Crippen LogP contribution in [-0.4, -0.2) is 40.3 Å². The van der Waals surface area contributed by atoms with Gasteiger partial charge >= 0.3 is 5.97 Å². The van der Waals surface area contributed by atoms with Crippen LogP contribution in [0.5, 0.6) is 0 Å². The molecule has 144 valence electrons. The normalized spacial score (nSPS) is 26.5. The molecule has 0 amide bonds. The molecule has 1 aliphatic rings. The van der Waals surface area contributed by atoms with E-state index in [2.05, 4.69) is 0 Å². The maximum Gasteiger partial charge on any atom is 0.306 e. The van der Waals surface area contributed by atoms with Gasteiger partial charge in [-0.05, 0) is 57.8 Å². The van der Waals surface area contributed by atoms with Crippen molar-refractivity contribution in [3.8, 4) is 0 Å². The van der Waals surface area contributed by atoms with Crippen molar-refractivity contribution in [3.63, 3.8) is 0 Å². The van der Waals surface area contributed by atoms with Crippen molar-refractivity contribution >= 4 is 11.8 Å². The Morgan fingerprint density at radius 3 is 2.44 bits per heavy atom. The zero-order valence-electron chi connectivity index (χ0n) is 15.8. The Balaban J connectivity index is 2.34. The van der Waals surface area contributed by atoms with Gasteiger partial charge in [-0.1, -0.05) is 19.1 Å². The van der Waals surface area contributed by atoms with Gasteiger partial charge in [0, 0.05) is 19.3 Å². The Kier molecular flexibility index (Phi) is 9.98. The molecule has 1 rings (SSSR count). The number of carbonyl (C=O) groups excluding carboxylic acids is 2. The largest absolute Gasteiger partial charge is 0.463 e. The summed E-state index contributed by atoms with van der Waals surface area (Å²) in [6.45, 7) is 5.52. The third-order valence-corrected chi connectivity index (χ3v) is 4.87. The second kappa shape index (κ2) is 11.4. The molecule has 0 spiro atoms. The fourth-order valence-electron chi connectivity index (χ4n) is 3.47. The molecule has 0 aromatic rings. The van der Waals surface area contributed by atoms with E-state index < -0.39 is 12.2 Å². The molecule has 1 fully saturated rings. The van der Waals surface area contributed by atoms with Gasteiger partial charge in [0.05, 0.1) is 18.3 Å². The van der Waals surface area contributed by atoms with Crippen molar-refractivity contribution in [3.05, 3.63) is 12.2 Å². The number of ether oxygens (including phenoxy) is 1. The third-order valence-electron chi connectivity index (χ3n) is 4.87. The van der Waals surface area contributed by atoms with Gasteiger partial charge in [0.15, 0.2) is 0 Å². The molecule has 1 unspecified atom stereocenters. The summed E-state index contributed by atoms with van der Waals surface area (Å²) in [4.78, 5) is 23.0. The smallest absolute Gasteiger partial charge is 0.306 e. The van der Waals surface area contributed by atoms with E-state index in [-0.39, 0.29) is 29.7 Å². The van der Waals surface area contributed by atoms with Crippen LogP contribution >= 0.6 is 0 Å². The number of aliphatic hydroxyl groups excluding tert-OH is 2. The number of aliphatic hydroxyl groups is 2. The number of hydrogen-bond donors (Lipinski definition) is 2. The number of rotatable bonds is 11. The van der Waals surface area contributed by atoms with Gasteiger partial charge in [0.1, 0.15) is 5.78 Å². The average Bonchev–Trinajstić information content (AvgIpc) is 2.81. The number of hydrogen-bond acceptors (Lipinski definition) is 5. The van der Waals surface area contributed by atoms with Crippen molar-refractivity contribution in [1.82, 2.24) is 0 Å². The minimum absolute atomic E-state index is 0.00168. The quantitative estimate of drug-likeness (QED) is 0.338. The van der Waals surface area contributed by atoms with Crippen molar-refractivity contribution in [2.24, 2.45) is 11.8 Å². The van der Waals surface area contributed by atoms with Gasteiger partial charge < -0.3 is 14.9 Å². The highest BCUT2D eigenvalue weighted by Crippen LogP contribution is 2.38. The number of unbranched alkanes of at least 4 members (excludes halogenated alkanes) is 1. The molecule has 5 heteroatoms. The van der Waals surface area contributed by atoms with Gasteiger partial charge in [-0.15, -0.1) is 0 Å². The van der Waals surface area contributed by atoms with Crippen LogP contribution in [0.25, 0.3) is 0 Å². The van der Waals surface area contributed by atoms with E-state index in [1.54, 1.807) is 0 Å². The van der Waals surface area contributed by atoms with Crippen molar-refractivity contribution in [2.45, 2.75) is 90.4 Å². The molecule has 0 radical (unpaired) electrons. The molecule has 0 bridgehead atoms. The monoisotopic (exact) mass is 354 g/mol. The molecule has 0 heterocycles. The number of carbonyl (C=O) groups is 2. The molecule has 25 heavy (non-hydrogen) atoms. The Bertz CT molecular complexity index is 443. The zero-order chi connectivity index (χ0) is 18.8. The zero-order valence-corrected chi connectivity index (χ0v) is 15.8. The molecule has 1 saturated carbocycles. The molecule has 0 aliphatic heterocycles. The SMILES string of the molecule is CCC(=O)CC[C@H]1[C@H](O)CC(O)[C@@H]1C/C=C\CCCC(=O)OC(C)C. The van der Waals surface area contributed by atoms with Crippen LogP contribution in [0.15, 0.2) is 12.2 Å². The maximum atomic E-state index is 11.5. The molecule has 0 aromatic heterocycles. The second-order valence-electron chi connectivity index (χ2n) is 7.27. The van der Waals surface area contributed by atoms with Gasteiger partial charge in [-0.2, -0.15) is 0 Å².